The second kappa shape index (κ2) is 5.88. The van der Waals surface area contributed by atoms with Crippen LogP contribution in [0.15, 0.2) is 42.6 Å². The number of nitrogens with one attached hydrogen (secondary N) is 1. The fourth-order valence-electron chi connectivity index (χ4n) is 2.90. The lowest BCUT2D eigenvalue weighted by molar-refractivity contribution is 0.0987. The molecule has 0 bridgehead atoms. The Bertz CT molecular complexity index is 882. The van der Waals surface area contributed by atoms with Crippen LogP contribution in [0.2, 0.25) is 0 Å². The maximum Gasteiger partial charge on any atom is 0.258 e. The molecule has 4 heteroatoms. The van der Waals surface area contributed by atoms with Gasteiger partial charge in [-0.15, -0.1) is 0 Å². The number of anilines is 1. The molecule has 0 aliphatic heterocycles. The van der Waals surface area contributed by atoms with E-state index in [2.05, 4.69) is 4.98 Å². The summed E-state index contributed by atoms with van der Waals surface area (Å²) in [6.07, 6.45) is 1.83. The fraction of sp³-hybridized carbons (Fsp3) is 0.211. The number of aromatic amines is 1. The maximum atomic E-state index is 14.1. The number of para-hydroxylation sites is 1. The van der Waals surface area contributed by atoms with Crippen LogP contribution in [-0.2, 0) is 0 Å². The zero-order valence-electron chi connectivity index (χ0n) is 13.5. The molecule has 0 radical (unpaired) electrons. The van der Waals surface area contributed by atoms with Crippen LogP contribution in [0.5, 0.6) is 0 Å². The standard InChI is InChI=1S/C19H19FN2O/c1-4-22(17-11-21-16-8-6-5-7-15(16)17)19(23)14-10-9-12(2)18(20)13(14)3/h5-11,21H,4H2,1-3H3. The number of carbonyl (C=O) groups is 1. The van der Waals surface area contributed by atoms with Crippen molar-refractivity contribution in [2.24, 2.45) is 0 Å². The quantitative estimate of drug-likeness (QED) is 0.754. The minimum Gasteiger partial charge on any atom is -0.359 e. The molecule has 23 heavy (non-hydrogen) atoms. The Morgan fingerprint density at radius 2 is 1.91 bits per heavy atom. The zero-order valence-corrected chi connectivity index (χ0v) is 13.5. The third-order valence-electron chi connectivity index (χ3n) is 4.23. The molecule has 3 nitrogen and oxygen atoms in total. The van der Waals surface area contributed by atoms with Gasteiger partial charge in [0.1, 0.15) is 5.82 Å². The number of rotatable bonds is 3. The molecular formula is C19H19FN2O. The molecule has 1 aromatic heterocycles. The molecule has 2 aromatic carbocycles. The predicted octanol–water partition coefficient (Wildman–Crippen LogP) is 4.59. The third-order valence-corrected chi connectivity index (χ3v) is 4.23. The number of aromatic nitrogens is 1. The van der Waals surface area contributed by atoms with Crippen molar-refractivity contribution in [3.63, 3.8) is 0 Å². The molecular weight excluding hydrogens is 291 g/mol. The number of H-pyrrole nitrogens is 1. The molecule has 0 fully saturated rings. The number of aryl methyl sites for hydroxylation is 1. The molecule has 3 aromatic rings. The number of hydrogen-bond donors (Lipinski definition) is 1. The number of fused-ring (bicyclic) bond motifs is 1. The summed E-state index contributed by atoms with van der Waals surface area (Å²) in [5.74, 6) is -0.500. The highest BCUT2D eigenvalue weighted by molar-refractivity contribution is 6.11. The Labute approximate surface area is 134 Å². The van der Waals surface area contributed by atoms with E-state index in [0.717, 1.165) is 16.6 Å². The lowest BCUT2D eigenvalue weighted by Crippen LogP contribution is -2.31. The normalized spacial score (nSPS) is 11.0. The first-order valence-corrected chi connectivity index (χ1v) is 7.68. The van der Waals surface area contributed by atoms with Crippen LogP contribution in [0.4, 0.5) is 10.1 Å². The third kappa shape index (κ3) is 2.50. The first-order valence-electron chi connectivity index (χ1n) is 7.68. The average molecular weight is 310 g/mol. The topological polar surface area (TPSA) is 36.1 Å². The van der Waals surface area contributed by atoms with Crippen LogP contribution < -0.4 is 4.90 Å². The molecule has 1 amide bonds. The van der Waals surface area contributed by atoms with Gasteiger partial charge in [-0.05, 0) is 44.0 Å². The van der Waals surface area contributed by atoms with E-state index < -0.39 is 0 Å². The zero-order chi connectivity index (χ0) is 16.6. The van der Waals surface area contributed by atoms with E-state index in [4.69, 9.17) is 0 Å². The van der Waals surface area contributed by atoms with Crippen molar-refractivity contribution >= 4 is 22.5 Å². The van der Waals surface area contributed by atoms with E-state index >= 15 is 0 Å². The van der Waals surface area contributed by atoms with Gasteiger partial charge in [0, 0.05) is 29.2 Å². The Morgan fingerprint density at radius 1 is 1.17 bits per heavy atom. The van der Waals surface area contributed by atoms with Gasteiger partial charge in [-0.1, -0.05) is 24.3 Å². The van der Waals surface area contributed by atoms with Gasteiger partial charge in [0.15, 0.2) is 0 Å². The van der Waals surface area contributed by atoms with Crippen molar-refractivity contribution in [2.45, 2.75) is 20.8 Å². The summed E-state index contributed by atoms with van der Waals surface area (Å²) in [5.41, 5.74) is 3.14. The monoisotopic (exact) mass is 310 g/mol. The summed E-state index contributed by atoms with van der Waals surface area (Å²) in [6, 6.07) is 11.2. The van der Waals surface area contributed by atoms with Crippen LogP contribution in [0.1, 0.15) is 28.4 Å². The fourth-order valence-corrected chi connectivity index (χ4v) is 2.90. The summed E-state index contributed by atoms with van der Waals surface area (Å²) in [4.78, 5) is 17.8. The lowest BCUT2D eigenvalue weighted by Gasteiger charge is -2.21. The number of hydrogen-bond acceptors (Lipinski definition) is 1. The van der Waals surface area contributed by atoms with Crippen LogP contribution >= 0.6 is 0 Å². The molecule has 0 aliphatic carbocycles. The van der Waals surface area contributed by atoms with E-state index in [-0.39, 0.29) is 11.7 Å². The van der Waals surface area contributed by atoms with Gasteiger partial charge in [-0.2, -0.15) is 0 Å². The van der Waals surface area contributed by atoms with Crippen molar-refractivity contribution in [1.29, 1.82) is 0 Å². The number of nitrogens with zero attached hydrogens (tertiary/aromatic N) is 1. The Hall–Kier alpha value is -2.62. The largest absolute Gasteiger partial charge is 0.359 e. The molecule has 0 aliphatic rings. The van der Waals surface area contributed by atoms with Crippen LogP contribution in [0.25, 0.3) is 10.9 Å². The molecule has 0 unspecified atom stereocenters. The van der Waals surface area contributed by atoms with Gasteiger partial charge < -0.3 is 9.88 Å². The van der Waals surface area contributed by atoms with Crippen molar-refractivity contribution in [2.75, 3.05) is 11.4 Å². The second-order valence-electron chi connectivity index (χ2n) is 5.64. The molecule has 0 saturated carbocycles. The molecule has 1 heterocycles. The van der Waals surface area contributed by atoms with E-state index in [0.29, 0.717) is 23.2 Å². The summed E-state index contributed by atoms with van der Waals surface area (Å²) < 4.78 is 14.1. The minimum absolute atomic E-state index is 0.186. The van der Waals surface area contributed by atoms with Gasteiger partial charge in [0.2, 0.25) is 0 Å². The van der Waals surface area contributed by atoms with Crippen molar-refractivity contribution in [3.05, 3.63) is 65.1 Å². The highest BCUT2D eigenvalue weighted by Gasteiger charge is 2.22. The van der Waals surface area contributed by atoms with Gasteiger partial charge in [0.05, 0.1) is 5.69 Å². The van der Waals surface area contributed by atoms with Crippen LogP contribution in [-0.4, -0.2) is 17.4 Å². The first kappa shape index (κ1) is 15.3. The highest BCUT2D eigenvalue weighted by Crippen LogP contribution is 2.28. The van der Waals surface area contributed by atoms with Crippen molar-refractivity contribution in [3.8, 4) is 0 Å². The Balaban J connectivity index is 2.08. The average Bonchev–Trinajstić information content (AvgIpc) is 2.97. The molecule has 3 rings (SSSR count). The molecule has 118 valence electrons. The summed E-state index contributed by atoms with van der Waals surface area (Å²) >= 11 is 0. The van der Waals surface area contributed by atoms with Crippen LogP contribution in [0.3, 0.4) is 0 Å². The highest BCUT2D eigenvalue weighted by atomic mass is 19.1. The summed E-state index contributed by atoms with van der Waals surface area (Å²) in [6.45, 7) is 5.78. The van der Waals surface area contributed by atoms with E-state index in [9.17, 15) is 9.18 Å². The number of halogens is 1. The smallest absolute Gasteiger partial charge is 0.258 e. The van der Waals surface area contributed by atoms with Crippen molar-refractivity contribution < 1.29 is 9.18 Å². The molecule has 1 N–H and O–H groups in total. The second-order valence-corrected chi connectivity index (χ2v) is 5.64. The van der Waals surface area contributed by atoms with Gasteiger partial charge in [0.25, 0.3) is 5.91 Å². The number of amides is 1. The van der Waals surface area contributed by atoms with E-state index in [1.807, 2.05) is 37.4 Å². The van der Waals surface area contributed by atoms with E-state index in [1.165, 1.54) is 0 Å². The van der Waals surface area contributed by atoms with Gasteiger partial charge in [-0.3, -0.25) is 4.79 Å². The molecule has 0 spiro atoms. The lowest BCUT2D eigenvalue weighted by atomic mass is 10.0. The first-order chi connectivity index (χ1) is 11.0. The molecule has 0 atom stereocenters. The van der Waals surface area contributed by atoms with Gasteiger partial charge >= 0.3 is 0 Å². The summed E-state index contributed by atoms with van der Waals surface area (Å²) in [7, 11) is 0. The number of benzene rings is 2. The minimum atomic E-state index is -0.314. The SMILES string of the molecule is CCN(C(=O)c1ccc(C)c(F)c1C)c1c[nH]c2ccccc12. The summed E-state index contributed by atoms with van der Waals surface area (Å²) in [5, 5.41) is 0.980. The van der Waals surface area contributed by atoms with E-state index in [1.54, 1.807) is 30.9 Å². The maximum absolute atomic E-state index is 14.1. The predicted molar refractivity (Wildman–Crippen MR) is 91.5 cm³/mol. The number of carbonyl (C=O) groups excluding carboxylic acids is 1. The Kier molecular flexibility index (Phi) is 3.90. The van der Waals surface area contributed by atoms with Crippen molar-refractivity contribution in [1.82, 2.24) is 4.98 Å². The van der Waals surface area contributed by atoms with Gasteiger partial charge in [-0.25, -0.2) is 4.39 Å². The van der Waals surface area contributed by atoms with Crippen LogP contribution in [0, 0.1) is 19.7 Å². The Morgan fingerprint density at radius 3 is 2.65 bits per heavy atom. The molecule has 0 saturated heterocycles.